The SMILES string of the molecule is CCOc1cc(C(=O)NNC(=O)c2ccc(CC)cc2)cc(OCC)c1OCC. The quantitative estimate of drug-likeness (QED) is 0.629. The zero-order chi connectivity index (χ0) is 21.2. The molecular formula is C22H28N2O5. The largest absolute Gasteiger partial charge is 0.490 e. The van der Waals surface area contributed by atoms with E-state index in [-0.39, 0.29) is 5.56 Å². The molecule has 2 aromatic rings. The molecule has 0 aromatic heterocycles. The first-order valence-electron chi connectivity index (χ1n) is 9.79. The van der Waals surface area contributed by atoms with Gasteiger partial charge in [0, 0.05) is 11.1 Å². The summed E-state index contributed by atoms with van der Waals surface area (Å²) in [5.41, 5.74) is 6.72. The molecule has 0 fully saturated rings. The highest BCUT2D eigenvalue weighted by atomic mass is 16.5. The van der Waals surface area contributed by atoms with E-state index in [1.54, 1.807) is 24.3 Å². The summed E-state index contributed by atoms with van der Waals surface area (Å²) in [6, 6.07) is 10.3. The minimum absolute atomic E-state index is 0.280. The third-order valence-electron chi connectivity index (χ3n) is 4.09. The zero-order valence-electron chi connectivity index (χ0n) is 17.3. The summed E-state index contributed by atoms with van der Waals surface area (Å²) in [7, 11) is 0. The Hall–Kier alpha value is -3.22. The van der Waals surface area contributed by atoms with Crippen molar-refractivity contribution in [3.8, 4) is 17.2 Å². The summed E-state index contributed by atoms with van der Waals surface area (Å²) in [5, 5.41) is 0. The smallest absolute Gasteiger partial charge is 0.269 e. The molecule has 2 amide bonds. The van der Waals surface area contributed by atoms with Gasteiger partial charge in [0.05, 0.1) is 19.8 Å². The first-order valence-corrected chi connectivity index (χ1v) is 9.79. The van der Waals surface area contributed by atoms with E-state index >= 15 is 0 Å². The lowest BCUT2D eigenvalue weighted by Crippen LogP contribution is -2.41. The average Bonchev–Trinajstić information content (AvgIpc) is 2.74. The molecule has 7 nitrogen and oxygen atoms in total. The molecule has 0 aliphatic heterocycles. The molecule has 0 aliphatic carbocycles. The Morgan fingerprint density at radius 1 is 0.724 bits per heavy atom. The third-order valence-corrected chi connectivity index (χ3v) is 4.09. The lowest BCUT2D eigenvalue weighted by atomic mass is 10.1. The van der Waals surface area contributed by atoms with E-state index in [0.717, 1.165) is 12.0 Å². The van der Waals surface area contributed by atoms with E-state index in [2.05, 4.69) is 10.9 Å². The van der Waals surface area contributed by atoms with Gasteiger partial charge in [0.25, 0.3) is 11.8 Å². The summed E-state index contributed by atoms with van der Waals surface area (Å²) in [6.07, 6.45) is 0.890. The van der Waals surface area contributed by atoms with Crippen LogP contribution in [0.25, 0.3) is 0 Å². The second kappa shape index (κ2) is 10.9. The van der Waals surface area contributed by atoms with Gasteiger partial charge in [-0.05, 0) is 57.0 Å². The molecule has 0 bridgehead atoms. The molecule has 7 heteroatoms. The second-order valence-corrected chi connectivity index (χ2v) is 6.06. The molecule has 0 spiro atoms. The molecule has 0 saturated heterocycles. The molecule has 0 saturated carbocycles. The highest BCUT2D eigenvalue weighted by Gasteiger charge is 2.19. The Balaban J connectivity index is 2.16. The predicted octanol–water partition coefficient (Wildman–Crippen LogP) is 3.52. The minimum atomic E-state index is -0.492. The molecule has 2 rings (SSSR count). The first-order chi connectivity index (χ1) is 14.0. The number of nitrogens with one attached hydrogen (secondary N) is 2. The maximum absolute atomic E-state index is 12.6. The van der Waals surface area contributed by atoms with E-state index in [9.17, 15) is 9.59 Å². The van der Waals surface area contributed by atoms with Gasteiger partial charge in [-0.3, -0.25) is 20.4 Å². The fourth-order valence-corrected chi connectivity index (χ4v) is 2.67. The first kappa shape index (κ1) is 22.1. The number of carbonyl (C=O) groups is 2. The second-order valence-electron chi connectivity index (χ2n) is 6.06. The molecule has 29 heavy (non-hydrogen) atoms. The van der Waals surface area contributed by atoms with Gasteiger partial charge in [-0.25, -0.2) is 0 Å². The van der Waals surface area contributed by atoms with E-state index in [4.69, 9.17) is 14.2 Å². The van der Waals surface area contributed by atoms with Crippen LogP contribution in [0.1, 0.15) is 54.0 Å². The van der Waals surface area contributed by atoms with Crippen molar-refractivity contribution in [2.45, 2.75) is 34.1 Å². The Bertz CT molecular complexity index is 807. The Labute approximate surface area is 171 Å². The minimum Gasteiger partial charge on any atom is -0.490 e. The summed E-state index contributed by atoms with van der Waals surface area (Å²) >= 11 is 0. The van der Waals surface area contributed by atoms with Crippen molar-refractivity contribution in [3.63, 3.8) is 0 Å². The molecule has 156 valence electrons. The number of hydrazine groups is 1. The van der Waals surface area contributed by atoms with Crippen LogP contribution in [0.3, 0.4) is 0 Å². The standard InChI is InChI=1S/C22H28N2O5/c1-5-15-9-11-16(12-10-15)21(25)23-24-22(26)17-13-18(27-6-2)20(29-8-4)19(14-17)28-7-3/h9-14H,5-8H2,1-4H3,(H,23,25)(H,24,26). The van der Waals surface area contributed by atoms with Crippen LogP contribution in [0.4, 0.5) is 0 Å². The highest BCUT2D eigenvalue weighted by Crippen LogP contribution is 2.39. The van der Waals surface area contributed by atoms with Crippen molar-refractivity contribution < 1.29 is 23.8 Å². The summed E-state index contributed by atoms with van der Waals surface area (Å²) in [6.45, 7) is 8.81. The molecular weight excluding hydrogens is 372 g/mol. The normalized spacial score (nSPS) is 10.2. The third kappa shape index (κ3) is 5.88. The number of hydrogen-bond donors (Lipinski definition) is 2. The lowest BCUT2D eigenvalue weighted by Gasteiger charge is -2.17. The van der Waals surface area contributed by atoms with Crippen LogP contribution in [0, 0.1) is 0 Å². The average molecular weight is 400 g/mol. The lowest BCUT2D eigenvalue weighted by molar-refractivity contribution is 0.0846. The molecule has 0 radical (unpaired) electrons. The summed E-state index contributed by atoms with van der Waals surface area (Å²) in [4.78, 5) is 24.8. The fourth-order valence-electron chi connectivity index (χ4n) is 2.67. The number of benzene rings is 2. The highest BCUT2D eigenvalue weighted by molar-refractivity contribution is 5.99. The molecule has 0 aliphatic rings. The number of rotatable bonds is 9. The summed E-state index contributed by atoms with van der Waals surface area (Å²) in [5.74, 6) is 0.377. The molecule has 2 N–H and O–H groups in total. The van der Waals surface area contributed by atoms with Gasteiger partial charge in [-0.15, -0.1) is 0 Å². The fraction of sp³-hybridized carbons (Fsp3) is 0.364. The molecule has 0 heterocycles. The Morgan fingerprint density at radius 2 is 1.21 bits per heavy atom. The topological polar surface area (TPSA) is 85.9 Å². The van der Waals surface area contributed by atoms with Gasteiger partial charge in [0.1, 0.15) is 0 Å². The van der Waals surface area contributed by atoms with Crippen molar-refractivity contribution in [2.75, 3.05) is 19.8 Å². The van der Waals surface area contributed by atoms with Crippen molar-refractivity contribution >= 4 is 11.8 Å². The maximum atomic E-state index is 12.6. The van der Waals surface area contributed by atoms with Gasteiger partial charge in [0.2, 0.25) is 5.75 Å². The van der Waals surface area contributed by atoms with Crippen LogP contribution in [-0.4, -0.2) is 31.6 Å². The number of hydrogen-bond acceptors (Lipinski definition) is 5. The summed E-state index contributed by atoms with van der Waals surface area (Å²) < 4.78 is 16.9. The van der Waals surface area contributed by atoms with E-state index < -0.39 is 11.8 Å². The van der Waals surface area contributed by atoms with Crippen LogP contribution >= 0.6 is 0 Å². The predicted molar refractivity (Wildman–Crippen MR) is 111 cm³/mol. The number of amides is 2. The van der Waals surface area contributed by atoms with Crippen LogP contribution < -0.4 is 25.1 Å². The molecule has 0 atom stereocenters. The van der Waals surface area contributed by atoms with Crippen LogP contribution in [0.5, 0.6) is 17.2 Å². The van der Waals surface area contributed by atoms with Crippen molar-refractivity contribution in [3.05, 3.63) is 53.1 Å². The number of carbonyl (C=O) groups excluding carboxylic acids is 2. The monoisotopic (exact) mass is 400 g/mol. The van der Waals surface area contributed by atoms with Crippen molar-refractivity contribution in [1.29, 1.82) is 0 Å². The van der Waals surface area contributed by atoms with Gasteiger partial charge >= 0.3 is 0 Å². The van der Waals surface area contributed by atoms with E-state index in [0.29, 0.717) is 42.6 Å². The van der Waals surface area contributed by atoms with Gasteiger partial charge in [-0.1, -0.05) is 19.1 Å². The maximum Gasteiger partial charge on any atom is 0.269 e. The van der Waals surface area contributed by atoms with Gasteiger partial charge in [0.15, 0.2) is 11.5 Å². The van der Waals surface area contributed by atoms with Crippen LogP contribution in [-0.2, 0) is 6.42 Å². The van der Waals surface area contributed by atoms with Gasteiger partial charge < -0.3 is 14.2 Å². The molecule has 0 unspecified atom stereocenters. The van der Waals surface area contributed by atoms with E-state index in [1.807, 2.05) is 39.8 Å². The van der Waals surface area contributed by atoms with Crippen molar-refractivity contribution in [2.24, 2.45) is 0 Å². The number of aryl methyl sites for hydroxylation is 1. The Kier molecular flexibility index (Phi) is 8.33. The van der Waals surface area contributed by atoms with E-state index in [1.165, 1.54) is 0 Å². The van der Waals surface area contributed by atoms with Gasteiger partial charge in [-0.2, -0.15) is 0 Å². The zero-order valence-corrected chi connectivity index (χ0v) is 17.3. The van der Waals surface area contributed by atoms with Crippen LogP contribution in [0.15, 0.2) is 36.4 Å². The van der Waals surface area contributed by atoms with Crippen LogP contribution in [0.2, 0.25) is 0 Å². The Morgan fingerprint density at radius 3 is 1.66 bits per heavy atom. The molecule has 2 aromatic carbocycles. The number of ether oxygens (including phenoxy) is 3. The van der Waals surface area contributed by atoms with Crippen molar-refractivity contribution in [1.82, 2.24) is 10.9 Å².